The van der Waals surface area contributed by atoms with Gasteiger partial charge in [0, 0.05) is 0 Å². The van der Waals surface area contributed by atoms with Crippen LogP contribution in [0.15, 0.2) is 36.4 Å². The molecule has 0 nitrogen and oxygen atoms in total. The van der Waals surface area contributed by atoms with Crippen LogP contribution in [0.4, 0.5) is 0 Å². The van der Waals surface area contributed by atoms with Gasteiger partial charge in [-0.05, 0) is 0 Å². The van der Waals surface area contributed by atoms with Crippen LogP contribution in [0.3, 0.4) is 0 Å². The zero-order valence-electron chi connectivity index (χ0n) is 11.3. The van der Waals surface area contributed by atoms with E-state index in [0.29, 0.717) is 0 Å². The fourth-order valence-electron chi connectivity index (χ4n) is 1.44. The molecule has 17 heavy (non-hydrogen) atoms. The second-order valence-electron chi connectivity index (χ2n) is 3.93. The van der Waals surface area contributed by atoms with E-state index in [0.717, 1.165) is 0 Å². The molecule has 0 fully saturated rings. The van der Waals surface area contributed by atoms with Gasteiger partial charge in [-0.15, -0.1) is 0 Å². The van der Waals surface area contributed by atoms with Gasteiger partial charge in [0.1, 0.15) is 0 Å². The van der Waals surface area contributed by atoms with E-state index in [9.17, 15) is 0 Å². The Kier molecular flexibility index (Phi) is 14.3. The molecule has 0 aliphatic carbocycles. The molecule has 0 N–H and O–H groups in total. The van der Waals surface area contributed by atoms with Crippen molar-refractivity contribution >= 4 is 0 Å². The normalized spacial score (nSPS) is 7.76. The van der Waals surface area contributed by atoms with Crippen LogP contribution in [-0.4, -0.2) is 0 Å². The Labute approximate surface area is 132 Å². The summed E-state index contributed by atoms with van der Waals surface area (Å²) in [5, 5.41) is 0. The molecule has 2 heteroatoms. The van der Waals surface area contributed by atoms with Crippen LogP contribution in [0.25, 0.3) is 0 Å². The van der Waals surface area contributed by atoms with Crippen molar-refractivity contribution in [1.29, 1.82) is 0 Å². The predicted molar refractivity (Wildman–Crippen MR) is 69.4 cm³/mol. The van der Waals surface area contributed by atoms with Gasteiger partial charge >= 0.3 is 26.2 Å². The zero-order chi connectivity index (χ0) is 10.6. The summed E-state index contributed by atoms with van der Waals surface area (Å²) in [5.41, 5.74) is 5.44. The summed E-state index contributed by atoms with van der Waals surface area (Å²) >= 11 is 0. The van der Waals surface area contributed by atoms with Crippen molar-refractivity contribution in [2.24, 2.45) is 0 Å². The van der Waals surface area contributed by atoms with Crippen molar-refractivity contribution in [1.82, 2.24) is 0 Å². The maximum Gasteiger partial charge on any atom is 4.00 e. The van der Waals surface area contributed by atoms with Gasteiger partial charge in [-0.25, -0.2) is 23.3 Å². The van der Waals surface area contributed by atoms with Gasteiger partial charge in [0.15, 0.2) is 0 Å². The first-order valence-electron chi connectivity index (χ1n) is 4.98. The summed E-state index contributed by atoms with van der Waals surface area (Å²) in [6, 6.07) is 12.8. The Bertz CT molecular complexity index is 314. The molecule has 0 amide bonds. The third-order valence-corrected chi connectivity index (χ3v) is 2.13. The summed E-state index contributed by atoms with van der Waals surface area (Å²) in [6.45, 7) is 8.42. The third kappa shape index (κ3) is 9.56. The van der Waals surface area contributed by atoms with Gasteiger partial charge in [0.2, 0.25) is 0 Å². The molecule has 0 bridgehead atoms. The smallest absolute Gasteiger partial charge is 1.00 e. The van der Waals surface area contributed by atoms with Crippen molar-refractivity contribution in [3.8, 4) is 0 Å². The molecule has 0 aliphatic rings. The Balaban J connectivity index is -0.000000196. The molecule has 0 saturated heterocycles. The summed E-state index contributed by atoms with van der Waals surface area (Å²) in [5.74, 6) is 0. The molecule has 0 spiro atoms. The quantitative estimate of drug-likeness (QED) is 0.643. The molecule has 0 heterocycles. The maximum absolute atomic E-state index is 2.17. The molecule has 2 aromatic rings. The van der Waals surface area contributed by atoms with E-state index in [1.807, 2.05) is 0 Å². The van der Waals surface area contributed by atoms with E-state index in [-0.39, 0.29) is 46.0 Å². The largest absolute Gasteiger partial charge is 4.00 e. The van der Waals surface area contributed by atoms with Crippen molar-refractivity contribution in [3.63, 3.8) is 0 Å². The van der Waals surface area contributed by atoms with Gasteiger partial charge in [-0.2, -0.15) is 35.4 Å². The molecule has 0 atom stereocenters. The molecular formula is C15H21ClZr. The van der Waals surface area contributed by atoms with Crippen molar-refractivity contribution in [2.45, 2.75) is 27.7 Å². The molecule has 0 saturated carbocycles. The fourth-order valence-corrected chi connectivity index (χ4v) is 1.44. The Morgan fingerprint density at radius 3 is 1.18 bits per heavy atom. The van der Waals surface area contributed by atoms with E-state index in [2.05, 4.69) is 64.1 Å². The molecule has 2 rings (SSSR count). The molecule has 0 aromatic heterocycles. The van der Waals surface area contributed by atoms with Crippen LogP contribution in [0.1, 0.15) is 22.3 Å². The summed E-state index contributed by atoms with van der Waals surface area (Å²) in [7, 11) is 0. The summed E-state index contributed by atoms with van der Waals surface area (Å²) < 4.78 is 0. The van der Waals surface area contributed by atoms with Gasteiger partial charge in [-0.1, -0.05) is 27.7 Å². The van der Waals surface area contributed by atoms with Crippen LogP contribution in [-0.2, 0) is 26.2 Å². The molecule has 0 aliphatic heterocycles. The number of aryl methyl sites for hydroxylation is 4. The zero-order valence-corrected chi connectivity index (χ0v) is 14.6. The SMILES string of the molecule is Cc1cc[c-](C)c1.Cc1cc[c-](C)c1.[CH3-].[Cl-].[Zr+4]. The van der Waals surface area contributed by atoms with Crippen molar-refractivity contribution in [2.75, 3.05) is 0 Å². The number of hydrogen-bond donors (Lipinski definition) is 0. The minimum absolute atomic E-state index is 0. The average Bonchev–Trinajstić information content (AvgIpc) is 2.63. The van der Waals surface area contributed by atoms with Crippen LogP contribution >= 0.6 is 0 Å². The van der Waals surface area contributed by atoms with Gasteiger partial charge < -0.3 is 19.8 Å². The molecular weight excluding hydrogens is 307 g/mol. The first kappa shape index (κ1) is 22.1. The number of halogens is 1. The van der Waals surface area contributed by atoms with Crippen LogP contribution in [0.5, 0.6) is 0 Å². The van der Waals surface area contributed by atoms with Crippen LogP contribution in [0, 0.1) is 35.1 Å². The second kappa shape index (κ2) is 11.0. The van der Waals surface area contributed by atoms with E-state index in [1.165, 1.54) is 22.3 Å². The number of rotatable bonds is 0. The first-order chi connectivity index (χ1) is 6.58. The van der Waals surface area contributed by atoms with E-state index >= 15 is 0 Å². The minimum Gasteiger partial charge on any atom is -1.00 e. The Hall–Kier alpha value is -0.127. The van der Waals surface area contributed by atoms with Crippen molar-refractivity contribution < 1.29 is 38.6 Å². The first-order valence-corrected chi connectivity index (χ1v) is 4.98. The van der Waals surface area contributed by atoms with Crippen molar-refractivity contribution in [3.05, 3.63) is 66.1 Å². The van der Waals surface area contributed by atoms with Crippen LogP contribution in [0.2, 0.25) is 0 Å². The third-order valence-electron chi connectivity index (χ3n) is 2.13. The van der Waals surface area contributed by atoms with Gasteiger partial charge in [0.05, 0.1) is 0 Å². The Morgan fingerprint density at radius 1 is 0.824 bits per heavy atom. The summed E-state index contributed by atoms with van der Waals surface area (Å²) in [4.78, 5) is 0. The Morgan fingerprint density at radius 2 is 1.12 bits per heavy atom. The molecule has 2 aromatic carbocycles. The van der Waals surface area contributed by atoms with Gasteiger partial charge in [0.25, 0.3) is 0 Å². The summed E-state index contributed by atoms with van der Waals surface area (Å²) in [6.07, 6.45) is 0. The second-order valence-corrected chi connectivity index (χ2v) is 3.93. The number of hydrogen-bond acceptors (Lipinski definition) is 0. The standard InChI is InChI=1S/2C7H9.CH3.ClH.Zr/c2*1-6-3-4-7(2)5-6;;;/h2*3-5H,1-2H3;1H3;1H;/q3*-1;;+4/p-1. The van der Waals surface area contributed by atoms with E-state index in [1.54, 1.807) is 0 Å². The topological polar surface area (TPSA) is 0 Å². The van der Waals surface area contributed by atoms with Crippen LogP contribution < -0.4 is 12.4 Å². The van der Waals surface area contributed by atoms with E-state index < -0.39 is 0 Å². The molecule has 92 valence electrons. The molecule has 0 radical (unpaired) electrons. The minimum atomic E-state index is 0. The van der Waals surface area contributed by atoms with Gasteiger partial charge in [-0.3, -0.25) is 0 Å². The predicted octanol–water partition coefficient (Wildman–Crippen LogP) is 1.50. The maximum atomic E-state index is 2.17. The average molecular weight is 328 g/mol. The molecule has 0 unspecified atom stereocenters. The fraction of sp³-hybridized carbons (Fsp3) is 0.267. The monoisotopic (exact) mass is 326 g/mol. The van der Waals surface area contributed by atoms with E-state index in [4.69, 9.17) is 0 Å².